The van der Waals surface area contributed by atoms with Crippen molar-refractivity contribution >= 4 is 11.7 Å². The van der Waals surface area contributed by atoms with Gasteiger partial charge in [-0.15, -0.1) is 0 Å². The largest absolute Gasteiger partial charge is 0.343 e. The number of hydrogen-bond donors (Lipinski definition) is 1. The molecular formula is C22H30N2O2. The summed E-state index contributed by atoms with van der Waals surface area (Å²) in [6.07, 6.45) is 8.91. The van der Waals surface area contributed by atoms with E-state index in [1.54, 1.807) is 0 Å². The van der Waals surface area contributed by atoms with E-state index >= 15 is 0 Å². The lowest BCUT2D eigenvalue weighted by molar-refractivity contribution is -0.132. The molecule has 3 aliphatic rings. The summed E-state index contributed by atoms with van der Waals surface area (Å²) < 4.78 is 0. The number of amides is 1. The van der Waals surface area contributed by atoms with Crippen molar-refractivity contribution in [3.05, 3.63) is 34.9 Å². The first kappa shape index (κ1) is 17.7. The number of hydrogen-bond acceptors (Lipinski definition) is 3. The van der Waals surface area contributed by atoms with Crippen LogP contribution in [0.5, 0.6) is 0 Å². The van der Waals surface area contributed by atoms with Gasteiger partial charge < -0.3 is 10.2 Å². The highest BCUT2D eigenvalue weighted by atomic mass is 16.2. The van der Waals surface area contributed by atoms with Crippen molar-refractivity contribution in [1.29, 1.82) is 0 Å². The lowest BCUT2D eigenvalue weighted by Crippen LogP contribution is -2.45. The van der Waals surface area contributed by atoms with E-state index in [2.05, 4.69) is 11.4 Å². The molecule has 1 aromatic carbocycles. The van der Waals surface area contributed by atoms with E-state index < -0.39 is 0 Å². The third-order valence-corrected chi connectivity index (χ3v) is 6.23. The minimum atomic E-state index is 0.106. The molecule has 140 valence electrons. The van der Waals surface area contributed by atoms with Crippen molar-refractivity contribution in [2.45, 2.75) is 63.8 Å². The van der Waals surface area contributed by atoms with Crippen LogP contribution in [0.4, 0.5) is 0 Å². The van der Waals surface area contributed by atoms with Crippen molar-refractivity contribution in [1.82, 2.24) is 10.2 Å². The summed E-state index contributed by atoms with van der Waals surface area (Å²) in [7, 11) is 0. The van der Waals surface area contributed by atoms with Crippen molar-refractivity contribution in [2.75, 3.05) is 19.6 Å². The zero-order chi connectivity index (χ0) is 17.9. The second-order valence-corrected chi connectivity index (χ2v) is 8.27. The van der Waals surface area contributed by atoms with E-state index in [4.69, 9.17) is 0 Å². The fraction of sp³-hybridized carbons (Fsp3) is 0.636. The Labute approximate surface area is 156 Å². The summed E-state index contributed by atoms with van der Waals surface area (Å²) in [5.74, 6) is 1.15. The molecule has 1 aliphatic heterocycles. The molecule has 1 N–H and O–H groups in total. The van der Waals surface area contributed by atoms with Gasteiger partial charge >= 0.3 is 0 Å². The number of benzene rings is 1. The maximum atomic E-state index is 12.5. The van der Waals surface area contributed by atoms with Crippen LogP contribution in [0, 0.1) is 5.92 Å². The number of fused-ring (bicyclic) bond motifs is 1. The third kappa shape index (κ3) is 4.35. The highest BCUT2D eigenvalue weighted by Crippen LogP contribution is 2.28. The first-order valence-corrected chi connectivity index (χ1v) is 10.4. The zero-order valence-electron chi connectivity index (χ0n) is 15.6. The number of nitrogens with zero attached hydrogens (tertiary/aromatic N) is 1. The smallest absolute Gasteiger partial charge is 0.223 e. The van der Waals surface area contributed by atoms with Crippen LogP contribution in [-0.2, 0) is 17.6 Å². The quantitative estimate of drug-likeness (QED) is 0.766. The Hall–Kier alpha value is -1.68. The Morgan fingerprint density at radius 2 is 1.77 bits per heavy atom. The normalized spacial score (nSPS) is 20.2. The number of carbonyl (C=O) groups excluding carboxylic acids is 2. The molecule has 1 aromatic rings. The molecule has 2 fully saturated rings. The molecule has 0 aromatic heterocycles. The number of carbonyl (C=O) groups is 2. The molecule has 4 rings (SSSR count). The predicted octanol–water partition coefficient (Wildman–Crippen LogP) is 3.13. The van der Waals surface area contributed by atoms with E-state index in [-0.39, 0.29) is 11.7 Å². The van der Waals surface area contributed by atoms with E-state index in [0.29, 0.717) is 18.9 Å². The highest BCUT2D eigenvalue weighted by molar-refractivity contribution is 5.98. The summed E-state index contributed by atoms with van der Waals surface area (Å²) >= 11 is 0. The van der Waals surface area contributed by atoms with Gasteiger partial charge in [-0.1, -0.05) is 12.1 Å². The highest BCUT2D eigenvalue weighted by Gasteiger charge is 2.26. The fourth-order valence-corrected chi connectivity index (χ4v) is 4.26. The number of nitrogens with one attached hydrogen (secondary N) is 1. The monoisotopic (exact) mass is 354 g/mol. The lowest BCUT2D eigenvalue weighted by atomic mass is 10.0. The molecule has 1 amide bonds. The van der Waals surface area contributed by atoms with E-state index in [1.807, 2.05) is 17.0 Å². The van der Waals surface area contributed by atoms with Crippen LogP contribution in [0.15, 0.2) is 18.2 Å². The number of rotatable bonds is 7. The first-order valence-electron chi connectivity index (χ1n) is 10.4. The van der Waals surface area contributed by atoms with Crippen LogP contribution in [0.2, 0.25) is 0 Å². The van der Waals surface area contributed by atoms with Gasteiger partial charge in [0.15, 0.2) is 5.78 Å². The zero-order valence-corrected chi connectivity index (χ0v) is 15.6. The minimum Gasteiger partial charge on any atom is -0.343 e. The van der Waals surface area contributed by atoms with Crippen molar-refractivity contribution < 1.29 is 9.59 Å². The van der Waals surface area contributed by atoms with E-state index in [1.165, 1.54) is 30.4 Å². The minimum absolute atomic E-state index is 0.106. The van der Waals surface area contributed by atoms with Gasteiger partial charge in [0.2, 0.25) is 5.91 Å². The Morgan fingerprint density at radius 1 is 1.00 bits per heavy atom. The molecule has 0 atom stereocenters. The van der Waals surface area contributed by atoms with Crippen molar-refractivity contribution in [3.8, 4) is 0 Å². The molecule has 1 saturated heterocycles. The fourth-order valence-electron chi connectivity index (χ4n) is 4.26. The van der Waals surface area contributed by atoms with Crippen LogP contribution >= 0.6 is 0 Å². The molecule has 0 radical (unpaired) electrons. The van der Waals surface area contributed by atoms with Crippen molar-refractivity contribution in [2.24, 2.45) is 5.92 Å². The average Bonchev–Trinajstić information content (AvgIpc) is 3.39. The molecule has 0 bridgehead atoms. The second-order valence-electron chi connectivity index (χ2n) is 8.27. The SMILES string of the molecule is O=C(CCC(=O)N1CCC(NCC2CC2)CC1)c1ccc2c(c1)CCC2. The lowest BCUT2D eigenvalue weighted by Gasteiger charge is -2.32. The average molecular weight is 354 g/mol. The molecule has 4 heteroatoms. The molecule has 1 heterocycles. The number of piperidine rings is 1. The summed E-state index contributed by atoms with van der Waals surface area (Å²) in [6.45, 7) is 2.80. The molecular weight excluding hydrogens is 324 g/mol. The summed E-state index contributed by atoms with van der Waals surface area (Å²) in [4.78, 5) is 26.9. The Morgan fingerprint density at radius 3 is 2.54 bits per heavy atom. The van der Waals surface area contributed by atoms with Gasteiger partial charge in [-0.3, -0.25) is 9.59 Å². The molecule has 4 nitrogen and oxygen atoms in total. The van der Waals surface area contributed by atoms with Crippen LogP contribution in [0.1, 0.15) is 66.4 Å². The summed E-state index contributed by atoms with van der Waals surface area (Å²) in [6, 6.07) is 6.64. The van der Waals surface area contributed by atoms with Gasteiger partial charge in [0, 0.05) is 37.5 Å². The van der Waals surface area contributed by atoms with Crippen LogP contribution in [0.25, 0.3) is 0 Å². The van der Waals surface area contributed by atoms with Gasteiger partial charge in [-0.05, 0) is 74.6 Å². The van der Waals surface area contributed by atoms with Crippen molar-refractivity contribution in [3.63, 3.8) is 0 Å². The standard InChI is InChI=1S/C22H30N2O2/c25-21(19-7-6-17-2-1-3-18(17)14-19)8-9-22(26)24-12-10-20(11-13-24)23-15-16-4-5-16/h6-7,14,16,20,23H,1-5,8-13,15H2. The van der Waals surface area contributed by atoms with Gasteiger partial charge in [-0.2, -0.15) is 0 Å². The summed E-state index contributed by atoms with van der Waals surface area (Å²) in [5.41, 5.74) is 3.49. The molecule has 0 unspecified atom stereocenters. The van der Waals surface area contributed by atoms with Gasteiger partial charge in [0.1, 0.15) is 0 Å². The molecule has 2 aliphatic carbocycles. The third-order valence-electron chi connectivity index (χ3n) is 6.23. The van der Waals surface area contributed by atoms with E-state index in [9.17, 15) is 9.59 Å². The van der Waals surface area contributed by atoms with Gasteiger partial charge in [0.25, 0.3) is 0 Å². The topological polar surface area (TPSA) is 49.4 Å². The van der Waals surface area contributed by atoms with Crippen LogP contribution in [-0.4, -0.2) is 42.3 Å². The molecule has 26 heavy (non-hydrogen) atoms. The second kappa shape index (κ2) is 7.91. The molecule has 0 spiro atoms. The molecule has 1 saturated carbocycles. The Balaban J connectivity index is 1.20. The van der Waals surface area contributed by atoms with Crippen LogP contribution in [0.3, 0.4) is 0 Å². The van der Waals surface area contributed by atoms with E-state index in [0.717, 1.165) is 56.8 Å². The maximum absolute atomic E-state index is 12.5. The van der Waals surface area contributed by atoms with Gasteiger partial charge in [-0.25, -0.2) is 0 Å². The van der Waals surface area contributed by atoms with Crippen LogP contribution < -0.4 is 5.32 Å². The number of Topliss-reactive ketones (excluding diaryl/α,β-unsaturated/α-hetero) is 1. The Kier molecular flexibility index (Phi) is 5.39. The number of ketones is 1. The summed E-state index contributed by atoms with van der Waals surface area (Å²) in [5, 5.41) is 3.64. The van der Waals surface area contributed by atoms with Gasteiger partial charge in [0.05, 0.1) is 0 Å². The first-order chi connectivity index (χ1) is 12.7. The number of aryl methyl sites for hydroxylation is 2. The Bertz CT molecular complexity index is 673. The predicted molar refractivity (Wildman–Crippen MR) is 102 cm³/mol. The maximum Gasteiger partial charge on any atom is 0.223 e. The number of likely N-dealkylation sites (tertiary alicyclic amines) is 1.